The predicted molar refractivity (Wildman–Crippen MR) is 80.6 cm³/mol. The van der Waals surface area contributed by atoms with Gasteiger partial charge in [-0.3, -0.25) is 4.79 Å². The molecule has 1 N–H and O–H groups in total. The van der Waals surface area contributed by atoms with Crippen molar-refractivity contribution in [2.75, 3.05) is 0 Å². The van der Waals surface area contributed by atoms with Gasteiger partial charge in [0.2, 0.25) is 5.91 Å². The van der Waals surface area contributed by atoms with Gasteiger partial charge < -0.3 is 10.0 Å². The Labute approximate surface area is 126 Å². The van der Waals surface area contributed by atoms with E-state index in [0.717, 1.165) is 38.5 Å². The Morgan fingerprint density at radius 2 is 1.90 bits per heavy atom. The maximum absolute atomic E-state index is 12.5. The van der Waals surface area contributed by atoms with Gasteiger partial charge in [0.25, 0.3) is 0 Å². The molecule has 0 aromatic heterocycles. The lowest BCUT2D eigenvalue weighted by Gasteiger charge is -2.47. The molecule has 1 aliphatic carbocycles. The highest BCUT2D eigenvalue weighted by molar-refractivity contribution is 5.84. The highest BCUT2D eigenvalue weighted by Crippen LogP contribution is 2.38. The summed E-state index contributed by atoms with van der Waals surface area (Å²) in [5.41, 5.74) is 0. The maximum Gasteiger partial charge on any atom is 0.326 e. The number of hydrogen-bond acceptors (Lipinski definition) is 2. The number of amides is 1. The number of hydrogen-bond donors (Lipinski definition) is 1. The summed E-state index contributed by atoms with van der Waals surface area (Å²) < 4.78 is 0. The molecule has 1 heterocycles. The topological polar surface area (TPSA) is 57.6 Å². The summed E-state index contributed by atoms with van der Waals surface area (Å²) >= 11 is 0. The second-order valence-corrected chi connectivity index (χ2v) is 6.26. The molecule has 3 unspecified atom stereocenters. The van der Waals surface area contributed by atoms with Crippen molar-refractivity contribution >= 4 is 11.9 Å². The van der Waals surface area contributed by atoms with Gasteiger partial charge >= 0.3 is 5.97 Å². The number of carbonyl (C=O) groups is 2. The predicted octanol–water partition coefficient (Wildman–Crippen LogP) is 2.81. The van der Waals surface area contributed by atoms with Gasteiger partial charge in [-0.1, -0.05) is 12.8 Å². The third-order valence-corrected chi connectivity index (χ3v) is 4.91. The molecule has 1 aliphatic heterocycles. The fourth-order valence-electron chi connectivity index (χ4n) is 3.87. The van der Waals surface area contributed by atoms with E-state index in [1.165, 1.54) is 6.42 Å². The van der Waals surface area contributed by atoms with Crippen LogP contribution in [0.3, 0.4) is 0 Å². The maximum atomic E-state index is 12.5. The Balaban J connectivity index is 2.03. The number of unbranched alkanes of at least 4 members (excludes halogenated alkanes) is 2. The lowest BCUT2D eigenvalue weighted by molar-refractivity contribution is -0.158. The molecule has 3 atom stereocenters. The number of terminal acetylenes is 1. The van der Waals surface area contributed by atoms with Gasteiger partial charge in [-0.15, -0.1) is 12.3 Å². The molecular formula is C17H25NO3. The number of aliphatic carboxylic acids is 1. The molecule has 1 saturated heterocycles. The number of carboxylic acid groups (broad SMARTS) is 1. The molecule has 2 rings (SSSR count). The Morgan fingerprint density at radius 3 is 2.62 bits per heavy atom. The zero-order valence-electron chi connectivity index (χ0n) is 12.6. The Hall–Kier alpha value is -1.50. The SMILES string of the molecule is C#CCCCCC(=O)N1C(C(=O)O)CCC2CCCCC21. The van der Waals surface area contributed by atoms with Gasteiger partial charge in [0.1, 0.15) is 6.04 Å². The summed E-state index contributed by atoms with van der Waals surface area (Å²) in [7, 11) is 0. The minimum absolute atomic E-state index is 0.0102. The van der Waals surface area contributed by atoms with E-state index in [1.54, 1.807) is 4.90 Å². The van der Waals surface area contributed by atoms with Crippen molar-refractivity contribution in [1.82, 2.24) is 4.90 Å². The van der Waals surface area contributed by atoms with Crippen LogP contribution in [0, 0.1) is 18.3 Å². The van der Waals surface area contributed by atoms with Crippen molar-refractivity contribution in [1.29, 1.82) is 0 Å². The number of carbonyl (C=O) groups excluding carboxylic acids is 1. The van der Waals surface area contributed by atoms with E-state index in [0.29, 0.717) is 25.2 Å². The van der Waals surface area contributed by atoms with Crippen LogP contribution < -0.4 is 0 Å². The van der Waals surface area contributed by atoms with Crippen LogP contribution in [0.5, 0.6) is 0 Å². The minimum atomic E-state index is -0.851. The molecule has 2 fully saturated rings. The quantitative estimate of drug-likeness (QED) is 0.626. The molecule has 1 saturated carbocycles. The number of rotatable bonds is 5. The van der Waals surface area contributed by atoms with Gasteiger partial charge in [-0.25, -0.2) is 4.79 Å². The smallest absolute Gasteiger partial charge is 0.326 e. The second-order valence-electron chi connectivity index (χ2n) is 6.26. The third-order valence-electron chi connectivity index (χ3n) is 4.91. The van der Waals surface area contributed by atoms with Crippen LogP contribution in [-0.2, 0) is 9.59 Å². The van der Waals surface area contributed by atoms with Crippen molar-refractivity contribution in [3.63, 3.8) is 0 Å². The monoisotopic (exact) mass is 291 g/mol. The summed E-state index contributed by atoms with van der Waals surface area (Å²) in [5, 5.41) is 9.44. The van der Waals surface area contributed by atoms with Crippen molar-refractivity contribution in [3.8, 4) is 12.3 Å². The molecule has 0 spiro atoms. The van der Waals surface area contributed by atoms with Gasteiger partial charge in [-0.05, 0) is 44.4 Å². The van der Waals surface area contributed by atoms with Gasteiger partial charge in [0, 0.05) is 18.9 Å². The fraction of sp³-hybridized carbons (Fsp3) is 0.765. The van der Waals surface area contributed by atoms with E-state index in [4.69, 9.17) is 6.42 Å². The van der Waals surface area contributed by atoms with Crippen LogP contribution in [0.4, 0.5) is 0 Å². The third kappa shape index (κ3) is 3.78. The molecule has 116 valence electrons. The minimum Gasteiger partial charge on any atom is -0.480 e. The van der Waals surface area contributed by atoms with E-state index in [-0.39, 0.29) is 11.9 Å². The first-order chi connectivity index (χ1) is 10.1. The molecule has 2 aliphatic rings. The normalized spacial score (nSPS) is 28.5. The summed E-state index contributed by atoms with van der Waals surface area (Å²) in [6.07, 6.45) is 13.9. The van der Waals surface area contributed by atoms with Crippen molar-refractivity contribution in [3.05, 3.63) is 0 Å². The Morgan fingerprint density at radius 1 is 1.14 bits per heavy atom. The summed E-state index contributed by atoms with van der Waals surface area (Å²) in [4.78, 5) is 25.8. The molecule has 0 aromatic rings. The summed E-state index contributed by atoms with van der Waals surface area (Å²) in [5.74, 6) is 2.24. The first-order valence-electron chi connectivity index (χ1n) is 8.12. The first-order valence-corrected chi connectivity index (χ1v) is 8.12. The second kappa shape index (κ2) is 7.49. The van der Waals surface area contributed by atoms with Gasteiger partial charge in [0.15, 0.2) is 0 Å². The fourth-order valence-corrected chi connectivity index (χ4v) is 3.87. The van der Waals surface area contributed by atoms with Crippen LogP contribution in [0.15, 0.2) is 0 Å². The Kier molecular flexibility index (Phi) is 5.67. The van der Waals surface area contributed by atoms with Crippen molar-refractivity contribution in [2.45, 2.75) is 76.3 Å². The zero-order valence-corrected chi connectivity index (χ0v) is 12.6. The Bertz CT molecular complexity index is 426. The lowest BCUT2D eigenvalue weighted by Crippen LogP contribution is -2.57. The summed E-state index contributed by atoms with van der Waals surface area (Å²) in [6, 6.07) is -0.474. The average Bonchev–Trinajstić information content (AvgIpc) is 2.50. The van der Waals surface area contributed by atoms with Crippen LogP contribution in [0.1, 0.15) is 64.2 Å². The van der Waals surface area contributed by atoms with Crippen molar-refractivity contribution < 1.29 is 14.7 Å². The van der Waals surface area contributed by atoms with E-state index in [1.807, 2.05) is 0 Å². The van der Waals surface area contributed by atoms with Crippen molar-refractivity contribution in [2.24, 2.45) is 5.92 Å². The van der Waals surface area contributed by atoms with E-state index < -0.39 is 12.0 Å². The largest absolute Gasteiger partial charge is 0.480 e. The van der Waals surface area contributed by atoms with Crippen LogP contribution >= 0.6 is 0 Å². The standard InChI is InChI=1S/C17H25NO3/c1-2-3-4-5-10-16(19)18-14-9-7-6-8-13(14)11-12-15(18)17(20)21/h1,13-15H,3-12H2,(H,20,21). The average molecular weight is 291 g/mol. The van der Waals surface area contributed by atoms with E-state index >= 15 is 0 Å². The van der Waals surface area contributed by atoms with Crippen LogP contribution in [-0.4, -0.2) is 34.0 Å². The summed E-state index contributed by atoms with van der Waals surface area (Å²) in [6.45, 7) is 0. The van der Waals surface area contributed by atoms with Gasteiger partial charge in [-0.2, -0.15) is 0 Å². The number of likely N-dealkylation sites (tertiary alicyclic amines) is 1. The molecule has 1 amide bonds. The van der Waals surface area contributed by atoms with Crippen LogP contribution in [0.2, 0.25) is 0 Å². The van der Waals surface area contributed by atoms with E-state index in [9.17, 15) is 14.7 Å². The number of piperidine rings is 1. The molecule has 0 aromatic carbocycles. The molecule has 4 nitrogen and oxygen atoms in total. The molecule has 0 radical (unpaired) electrons. The molecule has 4 heteroatoms. The number of fused-ring (bicyclic) bond motifs is 1. The number of nitrogens with zero attached hydrogens (tertiary/aromatic N) is 1. The molecular weight excluding hydrogens is 266 g/mol. The number of carboxylic acids is 1. The highest BCUT2D eigenvalue weighted by atomic mass is 16.4. The van der Waals surface area contributed by atoms with E-state index in [2.05, 4.69) is 5.92 Å². The first kappa shape index (κ1) is 15.9. The lowest BCUT2D eigenvalue weighted by atomic mass is 9.76. The molecule has 0 bridgehead atoms. The highest BCUT2D eigenvalue weighted by Gasteiger charge is 2.43. The zero-order chi connectivity index (χ0) is 15.2. The van der Waals surface area contributed by atoms with Crippen LogP contribution in [0.25, 0.3) is 0 Å². The molecule has 21 heavy (non-hydrogen) atoms. The van der Waals surface area contributed by atoms with Gasteiger partial charge in [0.05, 0.1) is 0 Å².